The number of benzene rings is 2. The van der Waals surface area contributed by atoms with Crippen molar-refractivity contribution in [1.29, 1.82) is 0 Å². The molecule has 4 heteroatoms. The third kappa shape index (κ3) is 2.88. The van der Waals surface area contributed by atoms with Crippen molar-refractivity contribution >= 4 is 23.1 Å². The van der Waals surface area contributed by atoms with Gasteiger partial charge >= 0.3 is 0 Å². The van der Waals surface area contributed by atoms with Gasteiger partial charge in [-0.05, 0) is 48.9 Å². The number of ketones is 1. The molecule has 98 valence electrons. The predicted molar refractivity (Wildman–Crippen MR) is 77.0 cm³/mol. The Hall–Kier alpha value is -2.00. The Kier molecular flexibility index (Phi) is 3.76. The number of anilines is 1. The van der Waals surface area contributed by atoms with Crippen LogP contribution in [0.1, 0.15) is 21.5 Å². The van der Waals surface area contributed by atoms with Crippen LogP contribution in [0.15, 0.2) is 36.4 Å². The zero-order valence-electron chi connectivity index (χ0n) is 10.7. The van der Waals surface area contributed by atoms with Crippen molar-refractivity contribution in [1.82, 2.24) is 0 Å². The zero-order chi connectivity index (χ0) is 14.0. The van der Waals surface area contributed by atoms with Gasteiger partial charge in [-0.15, -0.1) is 0 Å². The van der Waals surface area contributed by atoms with Gasteiger partial charge in [-0.25, -0.2) is 0 Å². The van der Waals surface area contributed by atoms with Crippen LogP contribution in [0, 0.1) is 6.92 Å². The quantitative estimate of drug-likeness (QED) is 0.689. The number of ether oxygens (including phenoxy) is 1. The Morgan fingerprint density at radius 1 is 1.21 bits per heavy atom. The third-order valence-electron chi connectivity index (χ3n) is 2.78. The van der Waals surface area contributed by atoms with Crippen molar-refractivity contribution in [3.8, 4) is 5.75 Å². The van der Waals surface area contributed by atoms with Gasteiger partial charge in [-0.3, -0.25) is 4.79 Å². The molecule has 0 spiro atoms. The molecule has 0 saturated carbocycles. The lowest BCUT2D eigenvalue weighted by Crippen LogP contribution is -2.04. The molecule has 3 nitrogen and oxygen atoms in total. The first kappa shape index (κ1) is 13.4. The lowest BCUT2D eigenvalue weighted by atomic mass is 10.0. The summed E-state index contributed by atoms with van der Waals surface area (Å²) in [5.41, 5.74) is 8.22. The van der Waals surface area contributed by atoms with Gasteiger partial charge in [0.2, 0.25) is 0 Å². The molecule has 0 amide bonds. The first-order valence-electron chi connectivity index (χ1n) is 5.76. The molecule has 2 N–H and O–H groups in total. The van der Waals surface area contributed by atoms with Gasteiger partial charge in [0.25, 0.3) is 0 Å². The highest BCUT2D eigenvalue weighted by atomic mass is 35.5. The number of carbonyl (C=O) groups is 1. The van der Waals surface area contributed by atoms with Crippen LogP contribution in [0.4, 0.5) is 5.69 Å². The molecule has 0 aliphatic heterocycles. The Morgan fingerprint density at radius 2 is 1.95 bits per heavy atom. The van der Waals surface area contributed by atoms with E-state index >= 15 is 0 Å². The monoisotopic (exact) mass is 275 g/mol. The number of nitrogens with two attached hydrogens (primary N) is 1. The topological polar surface area (TPSA) is 52.3 Å². The van der Waals surface area contributed by atoms with E-state index in [0.717, 1.165) is 5.56 Å². The van der Waals surface area contributed by atoms with Crippen LogP contribution in [0.25, 0.3) is 0 Å². The maximum absolute atomic E-state index is 12.4. The Labute approximate surface area is 117 Å². The average Bonchev–Trinajstić information content (AvgIpc) is 2.36. The second-order valence-corrected chi connectivity index (χ2v) is 4.71. The Bertz CT molecular complexity index is 618. The van der Waals surface area contributed by atoms with Gasteiger partial charge in [0.1, 0.15) is 5.75 Å². The molecule has 0 aliphatic rings. The summed E-state index contributed by atoms with van der Waals surface area (Å²) >= 11 is 6.10. The molecule has 0 saturated heterocycles. The lowest BCUT2D eigenvalue weighted by Gasteiger charge is -2.07. The SMILES string of the molecule is COc1ccc(C(=O)c2cc(C)cc(N)c2)c(Cl)c1. The fraction of sp³-hybridized carbons (Fsp3) is 0.133. The molecule has 2 aromatic rings. The minimum atomic E-state index is -0.150. The van der Waals surface area contributed by atoms with E-state index in [4.69, 9.17) is 22.1 Å². The molecular formula is C15H14ClNO2. The number of aryl methyl sites for hydroxylation is 1. The number of carbonyl (C=O) groups excluding carboxylic acids is 1. The summed E-state index contributed by atoms with van der Waals surface area (Å²) in [6.45, 7) is 1.89. The largest absolute Gasteiger partial charge is 0.497 e. The smallest absolute Gasteiger partial charge is 0.194 e. The van der Waals surface area contributed by atoms with E-state index in [1.165, 1.54) is 0 Å². The Balaban J connectivity index is 2.44. The van der Waals surface area contributed by atoms with Crippen molar-refractivity contribution in [2.24, 2.45) is 0 Å². The minimum absolute atomic E-state index is 0.150. The molecule has 0 aliphatic carbocycles. The highest BCUT2D eigenvalue weighted by Crippen LogP contribution is 2.25. The second-order valence-electron chi connectivity index (χ2n) is 4.31. The van der Waals surface area contributed by atoms with Gasteiger partial charge in [0, 0.05) is 16.8 Å². The van der Waals surface area contributed by atoms with Crippen molar-refractivity contribution in [2.75, 3.05) is 12.8 Å². The maximum Gasteiger partial charge on any atom is 0.194 e. The summed E-state index contributed by atoms with van der Waals surface area (Å²) in [4.78, 5) is 12.4. The van der Waals surface area contributed by atoms with Gasteiger partial charge in [-0.1, -0.05) is 11.6 Å². The second kappa shape index (κ2) is 5.33. The van der Waals surface area contributed by atoms with Crippen LogP contribution in [0.2, 0.25) is 5.02 Å². The van der Waals surface area contributed by atoms with Gasteiger partial charge < -0.3 is 10.5 Å². The molecule has 19 heavy (non-hydrogen) atoms. The van der Waals surface area contributed by atoms with Gasteiger partial charge in [-0.2, -0.15) is 0 Å². The summed E-state index contributed by atoms with van der Waals surface area (Å²) in [5.74, 6) is 0.466. The Morgan fingerprint density at radius 3 is 2.53 bits per heavy atom. The van der Waals surface area contributed by atoms with Crippen LogP contribution < -0.4 is 10.5 Å². The van der Waals surface area contributed by atoms with Crippen molar-refractivity contribution < 1.29 is 9.53 Å². The normalized spacial score (nSPS) is 10.3. The number of hydrogen-bond acceptors (Lipinski definition) is 3. The number of hydrogen-bond donors (Lipinski definition) is 1. The average molecular weight is 276 g/mol. The molecule has 0 unspecified atom stereocenters. The molecule has 0 heterocycles. The number of methoxy groups -OCH3 is 1. The number of rotatable bonds is 3. The minimum Gasteiger partial charge on any atom is -0.497 e. The maximum atomic E-state index is 12.4. The zero-order valence-corrected chi connectivity index (χ0v) is 11.5. The number of halogens is 1. The number of nitrogen functional groups attached to an aromatic ring is 1. The van der Waals surface area contributed by atoms with Crippen LogP contribution in [-0.2, 0) is 0 Å². The molecule has 0 aromatic heterocycles. The summed E-state index contributed by atoms with van der Waals surface area (Å²) in [6, 6.07) is 10.2. The van der Waals surface area contributed by atoms with Gasteiger partial charge in [0.05, 0.1) is 12.1 Å². The standard InChI is InChI=1S/C15H14ClNO2/c1-9-5-10(7-11(17)6-9)15(18)13-4-3-12(19-2)8-14(13)16/h3-8H,17H2,1-2H3. The van der Waals surface area contributed by atoms with E-state index in [1.807, 2.05) is 13.0 Å². The van der Waals surface area contributed by atoms with Gasteiger partial charge in [0.15, 0.2) is 5.78 Å². The van der Waals surface area contributed by atoms with Crippen LogP contribution in [0.3, 0.4) is 0 Å². The highest BCUT2D eigenvalue weighted by Gasteiger charge is 2.14. The van der Waals surface area contributed by atoms with E-state index in [0.29, 0.717) is 27.6 Å². The van der Waals surface area contributed by atoms with E-state index in [9.17, 15) is 4.79 Å². The summed E-state index contributed by atoms with van der Waals surface area (Å²) < 4.78 is 5.06. The molecule has 2 rings (SSSR count). The summed E-state index contributed by atoms with van der Waals surface area (Å²) in [6.07, 6.45) is 0. The first-order valence-corrected chi connectivity index (χ1v) is 6.14. The fourth-order valence-corrected chi connectivity index (χ4v) is 2.16. The fourth-order valence-electron chi connectivity index (χ4n) is 1.91. The molecule has 0 bridgehead atoms. The molecule has 0 atom stereocenters. The molecule has 0 fully saturated rings. The van der Waals surface area contributed by atoms with Crippen molar-refractivity contribution in [2.45, 2.75) is 6.92 Å². The third-order valence-corrected chi connectivity index (χ3v) is 3.10. The van der Waals surface area contributed by atoms with Crippen LogP contribution in [0.5, 0.6) is 5.75 Å². The molecule has 2 aromatic carbocycles. The van der Waals surface area contributed by atoms with E-state index in [-0.39, 0.29) is 5.78 Å². The summed E-state index contributed by atoms with van der Waals surface area (Å²) in [7, 11) is 1.55. The molecular weight excluding hydrogens is 262 g/mol. The van der Waals surface area contributed by atoms with Crippen LogP contribution >= 0.6 is 11.6 Å². The highest BCUT2D eigenvalue weighted by molar-refractivity contribution is 6.35. The van der Waals surface area contributed by atoms with E-state index in [2.05, 4.69) is 0 Å². The molecule has 0 radical (unpaired) electrons. The van der Waals surface area contributed by atoms with Crippen molar-refractivity contribution in [3.05, 3.63) is 58.1 Å². The van der Waals surface area contributed by atoms with Crippen molar-refractivity contribution in [3.63, 3.8) is 0 Å². The summed E-state index contributed by atoms with van der Waals surface area (Å²) in [5, 5.41) is 0.365. The van der Waals surface area contributed by atoms with Crippen LogP contribution in [-0.4, -0.2) is 12.9 Å². The van der Waals surface area contributed by atoms with E-state index in [1.54, 1.807) is 37.4 Å². The first-order chi connectivity index (χ1) is 9.01. The van der Waals surface area contributed by atoms with E-state index < -0.39 is 0 Å². The predicted octanol–water partition coefficient (Wildman–Crippen LogP) is 3.47. The lowest BCUT2D eigenvalue weighted by molar-refractivity contribution is 0.103.